The Balaban J connectivity index is 1.60. The van der Waals surface area contributed by atoms with Crippen molar-refractivity contribution in [1.29, 1.82) is 0 Å². The van der Waals surface area contributed by atoms with E-state index in [0.29, 0.717) is 5.92 Å². The van der Waals surface area contributed by atoms with E-state index < -0.39 is 0 Å². The predicted octanol–water partition coefficient (Wildman–Crippen LogP) is 6.24. The topological polar surface area (TPSA) is 50.5 Å². The number of hydrogen-bond donors (Lipinski definition) is 1. The van der Waals surface area contributed by atoms with Gasteiger partial charge in [-0.3, -0.25) is 4.90 Å². The predicted molar refractivity (Wildman–Crippen MR) is 165 cm³/mol. The molecule has 1 N–H and O–H groups in total. The molecule has 0 aliphatic carbocycles. The van der Waals surface area contributed by atoms with Gasteiger partial charge in [0.2, 0.25) is 0 Å². The van der Waals surface area contributed by atoms with Crippen LogP contribution in [0.5, 0.6) is 5.75 Å². The monoisotopic (exact) mass is 699 g/mol. The van der Waals surface area contributed by atoms with Crippen LogP contribution < -0.4 is 4.74 Å². The van der Waals surface area contributed by atoms with Crippen molar-refractivity contribution in [2.45, 2.75) is 35.4 Å². The summed E-state index contributed by atoms with van der Waals surface area (Å²) in [5.74, 6) is 1.44. The third-order valence-corrected chi connectivity index (χ3v) is 13.2. The van der Waals surface area contributed by atoms with Gasteiger partial charge in [-0.05, 0) is 36.8 Å². The van der Waals surface area contributed by atoms with Crippen molar-refractivity contribution < 1.29 is 9.84 Å². The Kier molecular flexibility index (Phi) is 9.29. The highest BCUT2D eigenvalue weighted by molar-refractivity contribution is 14.3. The minimum atomic E-state index is -0.282. The second-order valence-corrected chi connectivity index (χ2v) is 16.1. The fourth-order valence-electron chi connectivity index (χ4n) is 4.57. The number of alkyl halides is 2. The van der Waals surface area contributed by atoms with Gasteiger partial charge >= 0.3 is 0 Å². The molecule has 4 rings (SSSR count). The van der Waals surface area contributed by atoms with Gasteiger partial charge < -0.3 is 14.4 Å². The zero-order chi connectivity index (χ0) is 24.8. The summed E-state index contributed by atoms with van der Waals surface area (Å²) in [6.07, 6.45) is 6.28. The summed E-state index contributed by atoms with van der Waals surface area (Å²) in [4.78, 5) is 7.15. The molecule has 1 aromatic heterocycles. The van der Waals surface area contributed by atoms with Crippen molar-refractivity contribution in [2.24, 2.45) is 11.3 Å². The summed E-state index contributed by atoms with van der Waals surface area (Å²) >= 11 is -0.563. The number of aromatic nitrogens is 2. The molecule has 5 nitrogen and oxygen atoms in total. The highest BCUT2D eigenvalue weighted by Crippen LogP contribution is 2.36. The van der Waals surface area contributed by atoms with Gasteiger partial charge in [0.05, 0.1) is 17.7 Å². The lowest BCUT2D eigenvalue weighted by molar-refractivity contribution is 0.0380. The van der Waals surface area contributed by atoms with Crippen LogP contribution in [-0.4, -0.2) is 50.4 Å². The molecule has 1 aliphatic rings. The average Bonchev–Trinajstić information content (AvgIpc) is 3.39. The van der Waals surface area contributed by atoms with Crippen molar-refractivity contribution in [1.82, 2.24) is 14.5 Å². The molecule has 3 aromatic rings. The van der Waals surface area contributed by atoms with Crippen LogP contribution in [0.4, 0.5) is 0 Å². The molecule has 1 saturated heterocycles. The maximum absolute atomic E-state index is 9.88. The number of aliphatic hydroxyl groups excluding tert-OH is 1. The molecule has 7 heteroatoms. The van der Waals surface area contributed by atoms with Crippen LogP contribution in [0.15, 0.2) is 61.1 Å². The molecule has 2 heterocycles. The second-order valence-electron chi connectivity index (χ2n) is 9.73. The molecule has 0 spiro atoms. The Hall–Kier alpha value is -1.43. The summed E-state index contributed by atoms with van der Waals surface area (Å²) in [6.45, 7) is 7.52. The van der Waals surface area contributed by atoms with E-state index in [0.717, 1.165) is 48.7 Å². The second kappa shape index (κ2) is 12.2. The molecule has 2 aromatic carbocycles. The zero-order valence-electron chi connectivity index (χ0n) is 20.5. The standard InChI is InChI=1S/C28H35I2N3O2/c1-28(2,19-34)23-11-8-14-32(17-23)16-22-12-13-24(15-26(22)35-27(29-3)30-4)33-18-25(31-20-33)21-9-6-5-7-10-21/h5-7,9-10,12-13,15,18,20,23,27,34H,3-4,8,11,14,16-17,19H2,1-2H3/t23-/m0/s1. The van der Waals surface area contributed by atoms with Crippen LogP contribution in [0.3, 0.4) is 0 Å². The Morgan fingerprint density at radius 3 is 2.66 bits per heavy atom. The number of benzene rings is 2. The summed E-state index contributed by atoms with van der Waals surface area (Å²) in [6, 6.07) is 16.8. The van der Waals surface area contributed by atoms with Gasteiger partial charge in [0.1, 0.15) is 5.75 Å². The molecular formula is C28H35I2N3O2. The number of hydrogen-bond acceptors (Lipinski definition) is 4. The maximum Gasteiger partial charge on any atom is 0.188 e. The van der Waals surface area contributed by atoms with Gasteiger partial charge in [0.25, 0.3) is 0 Å². The van der Waals surface area contributed by atoms with Crippen molar-refractivity contribution >= 4 is 50.5 Å². The van der Waals surface area contributed by atoms with Gasteiger partial charge in [-0.15, -0.1) is 0 Å². The molecule has 1 fully saturated rings. The van der Waals surface area contributed by atoms with E-state index in [4.69, 9.17) is 4.74 Å². The highest BCUT2D eigenvalue weighted by Gasteiger charge is 2.33. The molecule has 0 radical (unpaired) electrons. The van der Waals surface area contributed by atoms with Crippen LogP contribution in [0.1, 0.15) is 32.3 Å². The molecule has 188 valence electrons. The minimum absolute atomic E-state index is 0.0541. The maximum atomic E-state index is 9.88. The fraction of sp³-hybridized carbons (Fsp3) is 0.393. The van der Waals surface area contributed by atoms with Gasteiger partial charge in [0.15, 0.2) is 2.12 Å². The Bertz CT molecular complexity index is 1140. The van der Waals surface area contributed by atoms with E-state index >= 15 is 0 Å². The van der Waals surface area contributed by atoms with Crippen molar-refractivity contribution in [3.63, 3.8) is 0 Å². The fourth-order valence-corrected chi connectivity index (χ4v) is 7.30. The lowest BCUT2D eigenvalue weighted by Crippen LogP contribution is -2.42. The number of aliphatic hydroxyl groups is 1. The normalized spacial score (nSPS) is 17.1. The summed E-state index contributed by atoms with van der Waals surface area (Å²) in [5, 5.41) is 9.88. The third-order valence-electron chi connectivity index (χ3n) is 6.87. The number of nitrogens with zero attached hydrogens (tertiary/aromatic N) is 3. The quantitative estimate of drug-likeness (QED) is 0.201. The van der Waals surface area contributed by atoms with E-state index in [2.05, 4.69) is 73.9 Å². The molecule has 0 saturated carbocycles. The molecule has 0 amide bonds. The number of halogens is 2. The molecule has 0 unspecified atom stereocenters. The molecule has 35 heavy (non-hydrogen) atoms. The summed E-state index contributed by atoms with van der Waals surface area (Å²) in [5.41, 5.74) is 4.25. The molecule has 1 aliphatic heterocycles. The molecule has 0 bridgehead atoms. The lowest BCUT2D eigenvalue weighted by Gasteiger charge is -2.40. The molecule has 1 atom stereocenters. The van der Waals surface area contributed by atoms with Crippen LogP contribution >= 0.6 is 41.5 Å². The first-order chi connectivity index (χ1) is 16.9. The number of ether oxygens (including phenoxy) is 1. The first-order valence-corrected chi connectivity index (χ1v) is 17.4. The Morgan fingerprint density at radius 1 is 1.17 bits per heavy atom. The van der Waals surface area contributed by atoms with E-state index in [1.165, 1.54) is 12.0 Å². The lowest BCUT2D eigenvalue weighted by atomic mass is 9.75. The van der Waals surface area contributed by atoms with Crippen LogP contribution in [0, 0.1) is 11.3 Å². The van der Waals surface area contributed by atoms with Gasteiger partial charge in [-0.1, -0.05) is 101 Å². The van der Waals surface area contributed by atoms with Gasteiger partial charge in [-0.25, -0.2) is 4.98 Å². The van der Waals surface area contributed by atoms with Crippen LogP contribution in [-0.2, 0) is 6.54 Å². The number of rotatable bonds is 10. The number of likely N-dealkylation sites (tertiary alicyclic amines) is 1. The van der Waals surface area contributed by atoms with Crippen molar-refractivity contribution in [3.05, 3.63) is 66.6 Å². The minimum Gasteiger partial charge on any atom is -0.471 e. The summed E-state index contributed by atoms with van der Waals surface area (Å²) in [7, 11) is 0. The van der Waals surface area contributed by atoms with Crippen molar-refractivity contribution in [2.75, 3.05) is 19.7 Å². The third kappa shape index (κ3) is 6.67. The van der Waals surface area contributed by atoms with Gasteiger partial charge in [-0.2, -0.15) is 0 Å². The highest BCUT2D eigenvalue weighted by atomic mass is 127. The average molecular weight is 699 g/mol. The van der Waals surface area contributed by atoms with Gasteiger partial charge in [0, 0.05) is 43.1 Å². The largest absolute Gasteiger partial charge is 0.471 e. The Labute approximate surface area is 229 Å². The molecular weight excluding hydrogens is 664 g/mol. The number of imidazole rings is 1. The first-order valence-electron chi connectivity index (χ1n) is 11.9. The van der Waals surface area contributed by atoms with E-state index in [9.17, 15) is 5.11 Å². The van der Waals surface area contributed by atoms with E-state index in [1.54, 1.807) is 0 Å². The summed E-state index contributed by atoms with van der Waals surface area (Å²) < 4.78 is 17.2. The Morgan fingerprint density at radius 2 is 1.94 bits per heavy atom. The SMILES string of the molecule is C=IC(Oc1cc(-n2cnc(-c3ccccc3)c2)ccc1CN1CCC[C@H](C(C)(C)CO)C1)I=C. The van der Waals surface area contributed by atoms with E-state index in [-0.39, 0.29) is 55.6 Å². The first kappa shape index (κ1) is 26.6. The van der Waals surface area contributed by atoms with Crippen molar-refractivity contribution in [3.8, 4) is 22.7 Å². The van der Waals surface area contributed by atoms with Crippen LogP contribution in [0.25, 0.3) is 16.9 Å². The zero-order valence-corrected chi connectivity index (χ0v) is 24.9. The van der Waals surface area contributed by atoms with E-state index in [1.807, 2.05) is 24.5 Å². The smallest absolute Gasteiger partial charge is 0.188 e. The number of piperidine rings is 1. The van der Waals surface area contributed by atoms with Crippen LogP contribution in [0.2, 0.25) is 0 Å².